The van der Waals surface area contributed by atoms with E-state index in [1.807, 2.05) is 60.7 Å². The van der Waals surface area contributed by atoms with Crippen LogP contribution in [0.3, 0.4) is 0 Å². The first-order valence-corrected chi connectivity index (χ1v) is 13.1. The van der Waals surface area contributed by atoms with E-state index in [0.29, 0.717) is 39.7 Å². The predicted molar refractivity (Wildman–Crippen MR) is 151 cm³/mol. The number of methoxy groups -OCH3 is 1. The molecule has 1 aliphatic heterocycles. The van der Waals surface area contributed by atoms with E-state index in [4.69, 9.17) is 20.8 Å². The van der Waals surface area contributed by atoms with Crippen LogP contribution in [-0.2, 0) is 4.79 Å². The minimum Gasteiger partial charge on any atom is -0.496 e. The van der Waals surface area contributed by atoms with Gasteiger partial charge >= 0.3 is 6.03 Å². The number of para-hydroxylation sites is 3. The number of fused-ring (bicyclic) bond motifs is 1. The van der Waals surface area contributed by atoms with Gasteiger partial charge in [-0.05, 0) is 61.0 Å². The maximum atomic E-state index is 14.1. The molecule has 0 fully saturated rings. The van der Waals surface area contributed by atoms with Crippen molar-refractivity contribution in [2.45, 2.75) is 24.8 Å². The molecular formula is C31H26ClN3O4. The molecule has 2 N–H and O–H groups in total. The van der Waals surface area contributed by atoms with Crippen molar-refractivity contribution in [3.8, 4) is 5.75 Å². The Morgan fingerprint density at radius 2 is 1.77 bits per heavy atom. The summed E-state index contributed by atoms with van der Waals surface area (Å²) in [5.74, 6) is 1.18. The maximum absolute atomic E-state index is 14.1. The second kappa shape index (κ2) is 10.3. The highest BCUT2D eigenvalue weighted by atomic mass is 35.5. The fourth-order valence-corrected chi connectivity index (χ4v) is 5.57. The minimum absolute atomic E-state index is 0.0573. The zero-order chi connectivity index (χ0) is 26.9. The Morgan fingerprint density at radius 1 is 1.00 bits per heavy atom. The molecule has 2 aliphatic rings. The Hall–Kier alpha value is -4.49. The van der Waals surface area contributed by atoms with Gasteiger partial charge in [0.2, 0.25) is 0 Å². The number of hydrogen-bond donors (Lipinski definition) is 2. The number of benzene rings is 3. The molecule has 2 atom stereocenters. The lowest BCUT2D eigenvalue weighted by atomic mass is 9.80. The number of anilines is 3. The Balaban J connectivity index is 1.54. The number of halogens is 1. The normalized spacial score (nSPS) is 18.5. The van der Waals surface area contributed by atoms with Crippen molar-refractivity contribution in [2.24, 2.45) is 0 Å². The first-order chi connectivity index (χ1) is 19.0. The standard InChI is InChI=1S/C31H26ClN3O4/c1-38-28-10-5-2-7-22(28)30-29-24(17-19(18-26(29)36)27-11-6-16-39-27)34-23-8-3-4-9-25(23)35(30)31(37)33-21-14-12-20(32)13-15-21/h2-16,19,30,34H,17-18H2,1H3,(H,33,37)/t19-,30+/m0/s1. The van der Waals surface area contributed by atoms with Crippen LogP contribution in [0.1, 0.15) is 36.1 Å². The highest BCUT2D eigenvalue weighted by Gasteiger charge is 2.43. The van der Waals surface area contributed by atoms with Crippen molar-refractivity contribution in [1.82, 2.24) is 0 Å². The van der Waals surface area contributed by atoms with Crippen molar-refractivity contribution in [3.63, 3.8) is 0 Å². The Bertz CT molecular complexity index is 1560. The third-order valence-electron chi connectivity index (χ3n) is 7.18. The summed E-state index contributed by atoms with van der Waals surface area (Å²) < 4.78 is 11.4. The predicted octanol–water partition coefficient (Wildman–Crippen LogP) is 7.55. The molecule has 6 rings (SSSR count). The van der Waals surface area contributed by atoms with E-state index in [1.165, 1.54) is 0 Å². The number of ether oxygens (including phenoxy) is 1. The molecule has 2 heterocycles. The lowest BCUT2D eigenvalue weighted by Crippen LogP contribution is -2.41. The number of Topliss-reactive ketones (excluding diaryl/α,β-unsaturated/α-hetero) is 1. The van der Waals surface area contributed by atoms with Gasteiger partial charge in [-0.3, -0.25) is 9.69 Å². The largest absolute Gasteiger partial charge is 0.496 e. The maximum Gasteiger partial charge on any atom is 0.327 e. The van der Waals surface area contributed by atoms with Gasteiger partial charge in [0.15, 0.2) is 5.78 Å². The summed E-state index contributed by atoms with van der Waals surface area (Å²) in [4.78, 5) is 29.8. The first-order valence-electron chi connectivity index (χ1n) is 12.7. The van der Waals surface area contributed by atoms with Gasteiger partial charge in [-0.2, -0.15) is 0 Å². The number of allylic oxidation sites excluding steroid dienone is 1. The van der Waals surface area contributed by atoms with E-state index in [2.05, 4.69) is 10.6 Å². The molecule has 1 aliphatic carbocycles. The van der Waals surface area contributed by atoms with Gasteiger partial charge < -0.3 is 19.8 Å². The quantitative estimate of drug-likeness (QED) is 0.280. The molecule has 0 saturated heterocycles. The van der Waals surface area contributed by atoms with E-state index in [-0.39, 0.29) is 18.1 Å². The Kier molecular flexibility index (Phi) is 6.59. The Labute approximate surface area is 231 Å². The second-order valence-electron chi connectivity index (χ2n) is 9.53. The molecule has 0 unspecified atom stereocenters. The van der Waals surface area contributed by atoms with Crippen LogP contribution in [0, 0.1) is 0 Å². The van der Waals surface area contributed by atoms with Gasteiger partial charge in [0.1, 0.15) is 11.5 Å². The van der Waals surface area contributed by atoms with Crippen molar-refractivity contribution in [3.05, 3.63) is 119 Å². The van der Waals surface area contributed by atoms with Crippen molar-refractivity contribution >= 4 is 40.5 Å². The molecule has 0 radical (unpaired) electrons. The number of furan rings is 1. The third-order valence-corrected chi connectivity index (χ3v) is 7.43. The van der Waals surface area contributed by atoms with Gasteiger partial charge in [-0.25, -0.2) is 4.79 Å². The van der Waals surface area contributed by atoms with Crippen LogP contribution in [-0.4, -0.2) is 18.9 Å². The summed E-state index contributed by atoms with van der Waals surface area (Å²) in [5, 5.41) is 7.08. The number of nitrogens with zero attached hydrogens (tertiary/aromatic N) is 1. The summed E-state index contributed by atoms with van der Waals surface area (Å²) >= 11 is 6.07. The Morgan fingerprint density at radius 3 is 2.54 bits per heavy atom. The molecule has 8 heteroatoms. The number of ketones is 1. The number of urea groups is 1. The summed E-state index contributed by atoms with van der Waals surface area (Å²) in [6.45, 7) is 0. The number of amides is 2. The molecule has 39 heavy (non-hydrogen) atoms. The number of rotatable bonds is 4. The van der Waals surface area contributed by atoms with E-state index < -0.39 is 12.1 Å². The fourth-order valence-electron chi connectivity index (χ4n) is 5.44. The average molecular weight is 540 g/mol. The summed E-state index contributed by atoms with van der Waals surface area (Å²) in [6, 6.07) is 24.6. The summed E-state index contributed by atoms with van der Waals surface area (Å²) in [6.07, 6.45) is 2.45. The molecule has 0 bridgehead atoms. The van der Waals surface area contributed by atoms with Crippen molar-refractivity contribution < 1.29 is 18.7 Å². The molecule has 0 saturated carbocycles. The lowest BCUT2D eigenvalue weighted by Gasteiger charge is -2.35. The topological polar surface area (TPSA) is 83.8 Å². The number of carbonyl (C=O) groups excluding carboxylic acids is 2. The highest BCUT2D eigenvalue weighted by molar-refractivity contribution is 6.30. The minimum atomic E-state index is -0.746. The number of hydrogen-bond acceptors (Lipinski definition) is 5. The average Bonchev–Trinajstić information content (AvgIpc) is 3.44. The van der Waals surface area contributed by atoms with Crippen LogP contribution in [0.15, 0.2) is 107 Å². The van der Waals surface area contributed by atoms with Crippen LogP contribution in [0.25, 0.3) is 0 Å². The van der Waals surface area contributed by atoms with E-state index in [1.54, 1.807) is 42.5 Å². The fraction of sp³-hybridized carbons (Fsp3) is 0.161. The molecule has 0 spiro atoms. The monoisotopic (exact) mass is 539 g/mol. The molecule has 7 nitrogen and oxygen atoms in total. The van der Waals surface area contributed by atoms with Crippen LogP contribution < -0.4 is 20.3 Å². The number of carbonyl (C=O) groups is 2. The molecule has 196 valence electrons. The van der Waals surface area contributed by atoms with Crippen LogP contribution >= 0.6 is 11.6 Å². The van der Waals surface area contributed by atoms with E-state index in [9.17, 15) is 9.59 Å². The van der Waals surface area contributed by atoms with Crippen LogP contribution in [0.4, 0.5) is 21.9 Å². The zero-order valence-corrected chi connectivity index (χ0v) is 21.9. The van der Waals surface area contributed by atoms with Crippen LogP contribution in [0.2, 0.25) is 5.02 Å². The van der Waals surface area contributed by atoms with E-state index >= 15 is 0 Å². The number of nitrogens with one attached hydrogen (secondary N) is 2. The van der Waals surface area contributed by atoms with E-state index in [0.717, 1.165) is 17.1 Å². The molecular weight excluding hydrogens is 514 g/mol. The molecule has 1 aromatic heterocycles. The second-order valence-corrected chi connectivity index (χ2v) is 9.97. The first kappa shape index (κ1) is 24.8. The van der Waals surface area contributed by atoms with Crippen molar-refractivity contribution in [2.75, 3.05) is 22.6 Å². The molecule has 2 amide bonds. The highest BCUT2D eigenvalue weighted by Crippen LogP contribution is 2.49. The van der Waals surface area contributed by atoms with Crippen molar-refractivity contribution in [1.29, 1.82) is 0 Å². The van der Waals surface area contributed by atoms with Gasteiger partial charge in [0.25, 0.3) is 0 Å². The smallest absolute Gasteiger partial charge is 0.327 e. The SMILES string of the molecule is COc1ccccc1[C@@H]1C2=C(C[C@H](c3ccco3)CC2=O)Nc2ccccc2N1C(=O)Nc1ccc(Cl)cc1. The molecule has 4 aromatic rings. The summed E-state index contributed by atoms with van der Waals surface area (Å²) in [5.41, 5.74) is 3.95. The van der Waals surface area contributed by atoms with Gasteiger partial charge in [0.05, 0.1) is 30.8 Å². The van der Waals surface area contributed by atoms with Gasteiger partial charge in [-0.1, -0.05) is 41.9 Å². The van der Waals surface area contributed by atoms with Gasteiger partial charge in [0, 0.05) is 39.9 Å². The third kappa shape index (κ3) is 4.66. The zero-order valence-electron chi connectivity index (χ0n) is 21.2. The van der Waals surface area contributed by atoms with Crippen LogP contribution in [0.5, 0.6) is 5.75 Å². The molecule has 3 aromatic carbocycles. The van der Waals surface area contributed by atoms with Gasteiger partial charge in [-0.15, -0.1) is 0 Å². The summed E-state index contributed by atoms with van der Waals surface area (Å²) in [7, 11) is 1.59. The lowest BCUT2D eigenvalue weighted by molar-refractivity contribution is -0.116.